The van der Waals surface area contributed by atoms with Crippen LogP contribution in [0.2, 0.25) is 0 Å². The molecule has 0 radical (unpaired) electrons. The molecule has 0 spiro atoms. The van der Waals surface area contributed by atoms with Gasteiger partial charge in [0, 0.05) is 18.5 Å². The van der Waals surface area contributed by atoms with Gasteiger partial charge in [0.05, 0.1) is 6.61 Å². The maximum atomic E-state index is 12.6. The summed E-state index contributed by atoms with van der Waals surface area (Å²) in [7, 11) is 0. The summed E-state index contributed by atoms with van der Waals surface area (Å²) in [5, 5.41) is 2.92. The Bertz CT molecular complexity index is 1010. The van der Waals surface area contributed by atoms with E-state index in [1.165, 1.54) is 16.7 Å². The number of furan rings is 1. The highest BCUT2D eigenvalue weighted by atomic mass is 16.5. The highest BCUT2D eigenvalue weighted by Crippen LogP contribution is 2.26. The van der Waals surface area contributed by atoms with Crippen LogP contribution in [0.15, 0.2) is 59.0 Å². The van der Waals surface area contributed by atoms with Crippen molar-refractivity contribution in [3.8, 4) is 5.75 Å². The van der Waals surface area contributed by atoms with Crippen molar-refractivity contribution in [2.24, 2.45) is 0 Å². The number of nitrogens with one attached hydrogen (secondary N) is 1. The van der Waals surface area contributed by atoms with Crippen LogP contribution in [0.5, 0.6) is 5.75 Å². The van der Waals surface area contributed by atoms with Crippen molar-refractivity contribution >= 4 is 5.91 Å². The highest BCUT2D eigenvalue weighted by molar-refractivity contribution is 5.91. The fourth-order valence-electron chi connectivity index (χ4n) is 3.32. The van der Waals surface area contributed by atoms with Crippen molar-refractivity contribution in [3.05, 3.63) is 88.4 Å². The molecule has 1 amide bonds. The van der Waals surface area contributed by atoms with E-state index in [1.54, 1.807) is 6.07 Å². The lowest BCUT2D eigenvalue weighted by molar-refractivity contribution is 0.0921. The molecule has 0 atom stereocenters. The second-order valence-corrected chi connectivity index (χ2v) is 8.56. The van der Waals surface area contributed by atoms with Gasteiger partial charge in [-0.1, -0.05) is 57.2 Å². The number of hydrogen-bond donors (Lipinski definition) is 1. The van der Waals surface area contributed by atoms with Gasteiger partial charge < -0.3 is 14.5 Å². The van der Waals surface area contributed by atoms with Crippen molar-refractivity contribution < 1.29 is 13.9 Å². The fourth-order valence-corrected chi connectivity index (χ4v) is 3.32. The maximum absolute atomic E-state index is 12.6. The first-order chi connectivity index (χ1) is 14.3. The number of benzene rings is 2. The van der Waals surface area contributed by atoms with Gasteiger partial charge in [0.25, 0.3) is 5.91 Å². The number of amides is 1. The second-order valence-electron chi connectivity index (χ2n) is 8.56. The lowest BCUT2D eigenvalue weighted by Crippen LogP contribution is -2.22. The van der Waals surface area contributed by atoms with Crippen molar-refractivity contribution in [1.82, 2.24) is 5.32 Å². The number of carbonyl (C=O) groups is 1. The molecule has 0 saturated carbocycles. The Labute approximate surface area is 179 Å². The number of hydrogen-bond acceptors (Lipinski definition) is 3. The Balaban J connectivity index is 1.67. The van der Waals surface area contributed by atoms with Crippen molar-refractivity contribution in [1.29, 1.82) is 0 Å². The van der Waals surface area contributed by atoms with Gasteiger partial charge in [0.15, 0.2) is 5.76 Å². The molecule has 0 aliphatic carbocycles. The number of carbonyl (C=O) groups excluding carboxylic acids is 1. The van der Waals surface area contributed by atoms with Crippen LogP contribution in [-0.4, -0.2) is 12.5 Å². The molecule has 0 saturated heterocycles. The summed E-state index contributed by atoms with van der Waals surface area (Å²) in [6.45, 7) is 11.6. The molecule has 0 fully saturated rings. The van der Waals surface area contributed by atoms with E-state index in [0.717, 1.165) is 17.1 Å². The van der Waals surface area contributed by atoms with Gasteiger partial charge in [-0.15, -0.1) is 0 Å². The zero-order valence-electron chi connectivity index (χ0n) is 18.5. The van der Waals surface area contributed by atoms with E-state index in [1.807, 2.05) is 37.3 Å². The summed E-state index contributed by atoms with van der Waals surface area (Å²) in [5.74, 6) is 1.66. The standard InChI is InChI=1S/C26H31NO3/c1-6-29-23-10-8-7-9-19(23)17-27-25(28)24-14-13-22(30-24)16-20-15-21(26(3,4)5)12-11-18(20)2/h7-15H,6,16-17H2,1-5H3,(H,27,28). The topological polar surface area (TPSA) is 51.5 Å². The monoisotopic (exact) mass is 405 g/mol. The van der Waals surface area contributed by atoms with Gasteiger partial charge in [0.1, 0.15) is 11.5 Å². The van der Waals surface area contributed by atoms with E-state index in [-0.39, 0.29) is 11.3 Å². The second kappa shape index (κ2) is 9.21. The van der Waals surface area contributed by atoms with Crippen LogP contribution in [0, 0.1) is 6.92 Å². The normalized spacial score (nSPS) is 11.4. The molecule has 158 valence electrons. The van der Waals surface area contributed by atoms with Crippen LogP contribution in [0.25, 0.3) is 0 Å². The molecule has 3 aromatic rings. The quantitative estimate of drug-likeness (QED) is 0.540. The molecule has 30 heavy (non-hydrogen) atoms. The third-order valence-corrected chi connectivity index (χ3v) is 5.18. The molecule has 1 aromatic heterocycles. The van der Waals surface area contributed by atoms with Crippen LogP contribution in [0.4, 0.5) is 0 Å². The average molecular weight is 406 g/mol. The average Bonchev–Trinajstić information content (AvgIpc) is 3.17. The van der Waals surface area contributed by atoms with Gasteiger partial charge in [-0.3, -0.25) is 4.79 Å². The zero-order chi connectivity index (χ0) is 21.7. The molecule has 4 nitrogen and oxygen atoms in total. The van der Waals surface area contributed by atoms with Gasteiger partial charge >= 0.3 is 0 Å². The van der Waals surface area contributed by atoms with Gasteiger partial charge in [0.2, 0.25) is 0 Å². The molecule has 0 bridgehead atoms. The number of para-hydroxylation sites is 1. The number of aryl methyl sites for hydroxylation is 1. The third-order valence-electron chi connectivity index (χ3n) is 5.18. The van der Waals surface area contributed by atoms with E-state index in [0.29, 0.717) is 25.3 Å². The van der Waals surface area contributed by atoms with Crippen LogP contribution >= 0.6 is 0 Å². The molecule has 1 heterocycles. The molecule has 4 heteroatoms. The summed E-state index contributed by atoms with van der Waals surface area (Å²) < 4.78 is 11.5. The predicted molar refractivity (Wildman–Crippen MR) is 120 cm³/mol. The predicted octanol–water partition coefficient (Wildman–Crippen LogP) is 5.81. The molecule has 0 aliphatic rings. The Morgan fingerprint density at radius 2 is 1.80 bits per heavy atom. The summed E-state index contributed by atoms with van der Waals surface area (Å²) in [6.07, 6.45) is 0.663. The largest absolute Gasteiger partial charge is 0.494 e. The molecular formula is C26H31NO3. The third kappa shape index (κ3) is 5.32. The van der Waals surface area contributed by atoms with Crippen LogP contribution in [-0.2, 0) is 18.4 Å². The smallest absolute Gasteiger partial charge is 0.287 e. The first-order valence-electron chi connectivity index (χ1n) is 10.5. The summed E-state index contributed by atoms with van der Waals surface area (Å²) in [5.41, 5.74) is 4.76. The number of ether oxygens (including phenoxy) is 1. The van der Waals surface area contributed by atoms with Gasteiger partial charge in [-0.05, 0) is 54.2 Å². The molecular weight excluding hydrogens is 374 g/mol. The first-order valence-corrected chi connectivity index (χ1v) is 10.5. The van der Waals surface area contributed by atoms with E-state index in [2.05, 4.69) is 51.2 Å². The molecule has 1 N–H and O–H groups in total. The summed E-state index contributed by atoms with van der Waals surface area (Å²) >= 11 is 0. The maximum Gasteiger partial charge on any atom is 0.287 e. The Hall–Kier alpha value is -3.01. The van der Waals surface area contributed by atoms with E-state index in [4.69, 9.17) is 9.15 Å². The highest BCUT2D eigenvalue weighted by Gasteiger charge is 2.16. The van der Waals surface area contributed by atoms with Crippen LogP contribution in [0.1, 0.15) is 66.3 Å². The summed E-state index contributed by atoms with van der Waals surface area (Å²) in [6, 6.07) is 17.9. The van der Waals surface area contributed by atoms with E-state index < -0.39 is 0 Å². The zero-order valence-corrected chi connectivity index (χ0v) is 18.5. The summed E-state index contributed by atoms with van der Waals surface area (Å²) in [4.78, 5) is 12.6. The van der Waals surface area contributed by atoms with E-state index in [9.17, 15) is 4.79 Å². The van der Waals surface area contributed by atoms with E-state index >= 15 is 0 Å². The molecule has 3 rings (SSSR count). The molecule has 0 unspecified atom stereocenters. The minimum absolute atomic E-state index is 0.0917. The minimum atomic E-state index is -0.229. The molecule has 0 aliphatic heterocycles. The van der Waals surface area contributed by atoms with Gasteiger partial charge in [-0.2, -0.15) is 0 Å². The lowest BCUT2D eigenvalue weighted by Gasteiger charge is -2.20. The minimum Gasteiger partial charge on any atom is -0.494 e. The first kappa shape index (κ1) is 21.7. The van der Waals surface area contributed by atoms with Crippen LogP contribution in [0.3, 0.4) is 0 Å². The van der Waals surface area contributed by atoms with Crippen LogP contribution < -0.4 is 10.1 Å². The SMILES string of the molecule is CCOc1ccccc1CNC(=O)c1ccc(Cc2cc(C(C)(C)C)ccc2C)o1. The fraction of sp³-hybridized carbons (Fsp3) is 0.346. The Morgan fingerprint density at radius 3 is 2.53 bits per heavy atom. The Morgan fingerprint density at radius 1 is 1.03 bits per heavy atom. The molecule has 2 aromatic carbocycles. The Kier molecular flexibility index (Phi) is 6.66. The number of rotatable bonds is 7. The van der Waals surface area contributed by atoms with Crippen molar-refractivity contribution in [2.75, 3.05) is 6.61 Å². The van der Waals surface area contributed by atoms with Crippen molar-refractivity contribution in [3.63, 3.8) is 0 Å². The lowest BCUT2D eigenvalue weighted by atomic mass is 9.85. The van der Waals surface area contributed by atoms with Gasteiger partial charge in [-0.25, -0.2) is 0 Å². The van der Waals surface area contributed by atoms with Crippen molar-refractivity contribution in [2.45, 2.75) is 53.0 Å².